The Labute approximate surface area is 88.7 Å². The van der Waals surface area contributed by atoms with Gasteiger partial charge in [-0.2, -0.15) is 0 Å². The summed E-state index contributed by atoms with van der Waals surface area (Å²) in [7, 11) is 2.01. The highest BCUT2D eigenvalue weighted by molar-refractivity contribution is 5.70. The lowest BCUT2D eigenvalue weighted by molar-refractivity contribution is 0.166. The van der Waals surface area contributed by atoms with Crippen LogP contribution >= 0.6 is 0 Å². The largest absolute Gasteiger partial charge is 0.447 e. The Bertz CT molecular complexity index is 382. The molecule has 2 heterocycles. The predicted octanol–water partition coefficient (Wildman–Crippen LogP) is 1.53. The van der Waals surface area contributed by atoms with Crippen LogP contribution in [0, 0.1) is 0 Å². The quantitative estimate of drug-likeness (QED) is 0.751. The molecule has 1 amide bonds. The summed E-state index contributed by atoms with van der Waals surface area (Å²) >= 11 is 0. The lowest BCUT2D eigenvalue weighted by atomic mass is 10.3. The molecule has 4 nitrogen and oxygen atoms in total. The maximum atomic E-state index is 11.1. The van der Waals surface area contributed by atoms with Crippen molar-refractivity contribution in [3.8, 4) is 0 Å². The van der Waals surface area contributed by atoms with Crippen LogP contribution in [0.25, 0.3) is 0 Å². The Morgan fingerprint density at radius 3 is 3.07 bits per heavy atom. The highest BCUT2D eigenvalue weighted by Crippen LogP contribution is 2.05. The molecule has 0 atom stereocenters. The second kappa shape index (κ2) is 4.21. The van der Waals surface area contributed by atoms with E-state index in [0.29, 0.717) is 13.2 Å². The highest BCUT2D eigenvalue weighted by Gasteiger charge is 2.18. The molecule has 1 aliphatic heterocycles. The summed E-state index contributed by atoms with van der Waals surface area (Å²) in [4.78, 5) is 12.7. The first-order valence-electron chi connectivity index (χ1n) is 4.97. The third-order valence-electron chi connectivity index (χ3n) is 2.46. The minimum Gasteiger partial charge on any atom is -0.447 e. The minimum atomic E-state index is -0.252. The van der Waals surface area contributed by atoms with Gasteiger partial charge >= 0.3 is 6.09 Å². The smallest absolute Gasteiger partial charge is 0.413 e. The second-order valence-electron chi connectivity index (χ2n) is 3.51. The van der Waals surface area contributed by atoms with Gasteiger partial charge in [-0.15, -0.1) is 0 Å². The molecule has 0 aliphatic carbocycles. The molecule has 0 aromatic carbocycles. The standard InChI is InChI=1S/C11H14N2O2/c1-12-6-2-4-10(12)5-3-7-13-8-9-15-11(13)14/h2-4,6-7H,5,8-9H2,1H3/b7-3+. The number of rotatable bonds is 3. The number of carbonyl (C=O) groups is 1. The van der Waals surface area contributed by atoms with Gasteiger partial charge in [-0.3, -0.25) is 4.90 Å². The van der Waals surface area contributed by atoms with E-state index in [4.69, 9.17) is 4.74 Å². The van der Waals surface area contributed by atoms with Crippen LogP contribution in [0.1, 0.15) is 5.69 Å². The maximum Gasteiger partial charge on any atom is 0.413 e. The summed E-state index contributed by atoms with van der Waals surface area (Å²) in [5, 5.41) is 0. The first-order valence-corrected chi connectivity index (χ1v) is 4.97. The number of ether oxygens (including phenoxy) is 1. The molecule has 1 aromatic rings. The Balaban J connectivity index is 1.90. The third kappa shape index (κ3) is 2.21. The van der Waals surface area contributed by atoms with Crippen molar-refractivity contribution in [2.45, 2.75) is 6.42 Å². The van der Waals surface area contributed by atoms with E-state index in [9.17, 15) is 4.79 Å². The molecule has 15 heavy (non-hydrogen) atoms. The first-order chi connectivity index (χ1) is 7.27. The summed E-state index contributed by atoms with van der Waals surface area (Å²) < 4.78 is 6.87. The zero-order valence-electron chi connectivity index (χ0n) is 8.72. The van der Waals surface area contributed by atoms with Gasteiger partial charge in [0, 0.05) is 31.6 Å². The number of cyclic esters (lactones) is 1. The van der Waals surface area contributed by atoms with E-state index < -0.39 is 0 Å². The molecule has 80 valence electrons. The molecule has 0 radical (unpaired) electrons. The summed E-state index contributed by atoms with van der Waals surface area (Å²) in [6, 6.07) is 4.07. The van der Waals surface area contributed by atoms with Crippen molar-refractivity contribution in [3.63, 3.8) is 0 Å². The number of nitrogens with zero attached hydrogens (tertiary/aromatic N) is 2. The van der Waals surface area contributed by atoms with E-state index in [1.807, 2.05) is 25.4 Å². The molecule has 2 rings (SSSR count). The molecule has 0 bridgehead atoms. The fraction of sp³-hybridized carbons (Fsp3) is 0.364. The average molecular weight is 206 g/mol. The van der Waals surface area contributed by atoms with Crippen molar-refractivity contribution in [1.29, 1.82) is 0 Å². The highest BCUT2D eigenvalue weighted by atomic mass is 16.6. The fourth-order valence-electron chi connectivity index (χ4n) is 1.55. The molecule has 1 aromatic heterocycles. The van der Waals surface area contributed by atoms with Crippen molar-refractivity contribution in [1.82, 2.24) is 9.47 Å². The maximum absolute atomic E-state index is 11.1. The van der Waals surface area contributed by atoms with Crippen LogP contribution in [0.3, 0.4) is 0 Å². The van der Waals surface area contributed by atoms with Crippen molar-refractivity contribution < 1.29 is 9.53 Å². The lowest BCUT2D eigenvalue weighted by Gasteiger charge is -2.04. The molecule has 1 fully saturated rings. The van der Waals surface area contributed by atoms with E-state index in [1.54, 1.807) is 11.1 Å². The van der Waals surface area contributed by atoms with Crippen molar-refractivity contribution in [3.05, 3.63) is 36.3 Å². The van der Waals surface area contributed by atoms with E-state index in [0.717, 1.165) is 6.42 Å². The molecule has 0 unspecified atom stereocenters. The van der Waals surface area contributed by atoms with Crippen LogP contribution < -0.4 is 0 Å². The first kappa shape index (κ1) is 9.83. The third-order valence-corrected chi connectivity index (χ3v) is 2.46. The van der Waals surface area contributed by atoms with Gasteiger partial charge in [0.2, 0.25) is 0 Å². The Hall–Kier alpha value is -1.71. The zero-order valence-corrected chi connectivity index (χ0v) is 8.72. The van der Waals surface area contributed by atoms with Crippen molar-refractivity contribution in [2.24, 2.45) is 7.05 Å². The summed E-state index contributed by atoms with van der Waals surface area (Å²) in [6.45, 7) is 1.15. The van der Waals surface area contributed by atoms with Crippen molar-refractivity contribution >= 4 is 6.09 Å². The lowest BCUT2D eigenvalue weighted by Crippen LogP contribution is -2.16. The minimum absolute atomic E-state index is 0.252. The van der Waals surface area contributed by atoms with Crippen molar-refractivity contribution in [2.75, 3.05) is 13.2 Å². The molecule has 1 aliphatic rings. The normalized spacial score (nSPS) is 16.3. The average Bonchev–Trinajstić information content (AvgIpc) is 2.78. The van der Waals surface area contributed by atoms with Gasteiger partial charge < -0.3 is 9.30 Å². The predicted molar refractivity (Wildman–Crippen MR) is 56.3 cm³/mol. The summed E-state index contributed by atoms with van der Waals surface area (Å²) in [6.07, 6.45) is 6.35. The molecular formula is C11H14N2O2. The van der Waals surface area contributed by atoms with E-state index in [-0.39, 0.29) is 6.09 Å². The van der Waals surface area contributed by atoms with Gasteiger partial charge in [0.15, 0.2) is 0 Å². The van der Waals surface area contributed by atoms with Crippen LogP contribution in [0.5, 0.6) is 0 Å². The number of aromatic nitrogens is 1. The number of allylic oxidation sites excluding steroid dienone is 1. The Kier molecular flexibility index (Phi) is 2.76. The molecule has 4 heteroatoms. The fourth-order valence-corrected chi connectivity index (χ4v) is 1.55. The van der Waals surface area contributed by atoms with Gasteiger partial charge in [-0.1, -0.05) is 6.08 Å². The van der Waals surface area contributed by atoms with Crippen LogP contribution in [0.2, 0.25) is 0 Å². The molecule has 1 saturated heterocycles. The van der Waals surface area contributed by atoms with Gasteiger partial charge in [0.1, 0.15) is 6.61 Å². The molecule has 0 spiro atoms. The number of carbonyl (C=O) groups excluding carboxylic acids is 1. The monoisotopic (exact) mass is 206 g/mol. The van der Waals surface area contributed by atoms with Gasteiger partial charge in [-0.05, 0) is 12.1 Å². The summed E-state index contributed by atoms with van der Waals surface area (Å²) in [5.41, 5.74) is 1.22. The Morgan fingerprint density at radius 1 is 1.60 bits per heavy atom. The van der Waals surface area contributed by atoms with Crippen LogP contribution in [-0.2, 0) is 18.2 Å². The number of hydrogen-bond donors (Lipinski definition) is 0. The molecule has 0 N–H and O–H groups in total. The van der Waals surface area contributed by atoms with E-state index in [2.05, 4.69) is 10.6 Å². The van der Waals surface area contributed by atoms with Crippen LogP contribution in [0.15, 0.2) is 30.6 Å². The summed E-state index contributed by atoms with van der Waals surface area (Å²) in [5.74, 6) is 0. The number of hydrogen-bond acceptors (Lipinski definition) is 2. The number of aryl methyl sites for hydroxylation is 1. The molecular weight excluding hydrogens is 192 g/mol. The second-order valence-corrected chi connectivity index (χ2v) is 3.51. The van der Waals surface area contributed by atoms with Gasteiger partial charge in [0.25, 0.3) is 0 Å². The van der Waals surface area contributed by atoms with Gasteiger partial charge in [0.05, 0.1) is 6.54 Å². The van der Waals surface area contributed by atoms with Crippen LogP contribution in [-0.4, -0.2) is 28.7 Å². The van der Waals surface area contributed by atoms with E-state index in [1.165, 1.54) is 5.69 Å². The van der Waals surface area contributed by atoms with E-state index >= 15 is 0 Å². The molecule has 0 saturated carbocycles. The Morgan fingerprint density at radius 2 is 2.47 bits per heavy atom. The number of amides is 1. The zero-order chi connectivity index (χ0) is 10.7. The topological polar surface area (TPSA) is 34.5 Å². The SMILES string of the molecule is Cn1cccc1C/C=C/N1CCOC1=O. The van der Waals surface area contributed by atoms with Gasteiger partial charge in [-0.25, -0.2) is 4.79 Å². The van der Waals surface area contributed by atoms with Crippen LogP contribution in [0.4, 0.5) is 4.79 Å².